The van der Waals surface area contributed by atoms with Crippen LogP contribution in [0.3, 0.4) is 0 Å². The lowest BCUT2D eigenvalue weighted by atomic mass is 10.2. The number of hydrogen-bond acceptors (Lipinski definition) is 1. The van der Waals surface area contributed by atoms with Crippen molar-refractivity contribution in [1.82, 2.24) is 0 Å². The van der Waals surface area contributed by atoms with E-state index in [1.165, 1.54) is 5.57 Å². The molecule has 0 amide bonds. The second-order valence-corrected chi connectivity index (χ2v) is 2.44. The first kappa shape index (κ1) is 6.81. The van der Waals surface area contributed by atoms with Crippen molar-refractivity contribution in [1.29, 1.82) is 0 Å². The van der Waals surface area contributed by atoms with Gasteiger partial charge in [-0.1, -0.05) is 19.9 Å². The second-order valence-electron chi connectivity index (χ2n) is 2.44. The van der Waals surface area contributed by atoms with E-state index >= 15 is 0 Å². The standard InChI is InChI=1S/C8H14O/c1-3-7-5-8(4-2)9-6-7/h5,8H,3-4,6H2,1-2H3. The van der Waals surface area contributed by atoms with Gasteiger partial charge in [-0.25, -0.2) is 0 Å². The van der Waals surface area contributed by atoms with Crippen LogP contribution in [0.4, 0.5) is 0 Å². The number of rotatable bonds is 2. The highest BCUT2D eigenvalue weighted by Gasteiger charge is 2.11. The van der Waals surface area contributed by atoms with Crippen LogP contribution in [0.1, 0.15) is 26.7 Å². The summed E-state index contributed by atoms with van der Waals surface area (Å²) in [6.07, 6.45) is 4.93. The van der Waals surface area contributed by atoms with Crippen molar-refractivity contribution >= 4 is 0 Å². The molecule has 1 heteroatoms. The third-order valence-electron chi connectivity index (χ3n) is 1.76. The van der Waals surface area contributed by atoms with Crippen molar-refractivity contribution in [3.8, 4) is 0 Å². The van der Waals surface area contributed by atoms with Gasteiger partial charge in [0.15, 0.2) is 0 Å². The molecule has 0 N–H and O–H groups in total. The van der Waals surface area contributed by atoms with Crippen molar-refractivity contribution in [2.45, 2.75) is 32.8 Å². The van der Waals surface area contributed by atoms with Gasteiger partial charge in [0.05, 0.1) is 12.7 Å². The highest BCUT2D eigenvalue weighted by atomic mass is 16.5. The van der Waals surface area contributed by atoms with E-state index < -0.39 is 0 Å². The van der Waals surface area contributed by atoms with Crippen LogP contribution in [-0.4, -0.2) is 12.7 Å². The zero-order chi connectivity index (χ0) is 6.69. The summed E-state index contributed by atoms with van der Waals surface area (Å²) < 4.78 is 5.41. The Morgan fingerprint density at radius 2 is 2.44 bits per heavy atom. The van der Waals surface area contributed by atoms with E-state index in [1.54, 1.807) is 0 Å². The predicted molar refractivity (Wildman–Crippen MR) is 38.4 cm³/mol. The molecule has 0 saturated heterocycles. The van der Waals surface area contributed by atoms with Crippen LogP contribution in [-0.2, 0) is 4.74 Å². The molecule has 1 heterocycles. The van der Waals surface area contributed by atoms with Gasteiger partial charge in [-0.15, -0.1) is 0 Å². The fraction of sp³-hybridized carbons (Fsp3) is 0.750. The third-order valence-corrected chi connectivity index (χ3v) is 1.76. The molecular formula is C8H14O. The second kappa shape index (κ2) is 3.02. The lowest BCUT2D eigenvalue weighted by Crippen LogP contribution is -2.00. The van der Waals surface area contributed by atoms with Crippen LogP contribution in [0.15, 0.2) is 11.6 Å². The van der Waals surface area contributed by atoms with Crippen molar-refractivity contribution in [2.75, 3.05) is 6.61 Å². The third kappa shape index (κ3) is 1.55. The minimum atomic E-state index is 0.417. The van der Waals surface area contributed by atoms with E-state index in [1.807, 2.05) is 0 Å². The summed E-state index contributed by atoms with van der Waals surface area (Å²) >= 11 is 0. The molecule has 0 aromatic heterocycles. The minimum absolute atomic E-state index is 0.417. The SMILES string of the molecule is CCC1=CC(CC)OC1. The zero-order valence-corrected chi connectivity index (χ0v) is 6.18. The maximum atomic E-state index is 5.41. The van der Waals surface area contributed by atoms with E-state index in [-0.39, 0.29) is 0 Å². The maximum absolute atomic E-state index is 5.41. The van der Waals surface area contributed by atoms with Crippen molar-refractivity contribution in [3.05, 3.63) is 11.6 Å². The van der Waals surface area contributed by atoms with Crippen LogP contribution in [0.5, 0.6) is 0 Å². The van der Waals surface area contributed by atoms with Crippen LogP contribution < -0.4 is 0 Å². The molecule has 0 radical (unpaired) electrons. The highest BCUT2D eigenvalue weighted by Crippen LogP contribution is 2.15. The number of hydrogen-bond donors (Lipinski definition) is 0. The van der Waals surface area contributed by atoms with Gasteiger partial charge in [-0.05, 0) is 18.4 Å². The Kier molecular flexibility index (Phi) is 2.29. The van der Waals surface area contributed by atoms with Gasteiger partial charge in [0, 0.05) is 0 Å². The van der Waals surface area contributed by atoms with Crippen LogP contribution in [0, 0.1) is 0 Å². The topological polar surface area (TPSA) is 9.23 Å². The summed E-state index contributed by atoms with van der Waals surface area (Å²) in [6, 6.07) is 0. The first-order valence-corrected chi connectivity index (χ1v) is 3.68. The Morgan fingerprint density at radius 3 is 2.78 bits per heavy atom. The van der Waals surface area contributed by atoms with Crippen molar-refractivity contribution in [3.63, 3.8) is 0 Å². The summed E-state index contributed by atoms with van der Waals surface area (Å²) in [6.45, 7) is 5.20. The van der Waals surface area contributed by atoms with E-state index in [0.29, 0.717) is 6.10 Å². The van der Waals surface area contributed by atoms with E-state index in [4.69, 9.17) is 4.74 Å². The van der Waals surface area contributed by atoms with Crippen LogP contribution >= 0.6 is 0 Å². The Balaban J connectivity index is 2.40. The van der Waals surface area contributed by atoms with Crippen LogP contribution in [0.25, 0.3) is 0 Å². The molecule has 52 valence electrons. The molecule has 1 aliphatic rings. The summed E-state index contributed by atoms with van der Waals surface area (Å²) in [7, 11) is 0. The van der Waals surface area contributed by atoms with Gasteiger partial charge in [0.2, 0.25) is 0 Å². The molecule has 9 heavy (non-hydrogen) atoms. The van der Waals surface area contributed by atoms with Gasteiger partial charge in [0.25, 0.3) is 0 Å². The van der Waals surface area contributed by atoms with Gasteiger partial charge in [-0.3, -0.25) is 0 Å². The largest absolute Gasteiger partial charge is 0.370 e. The summed E-state index contributed by atoms with van der Waals surface area (Å²) in [4.78, 5) is 0. The molecule has 1 nitrogen and oxygen atoms in total. The zero-order valence-electron chi connectivity index (χ0n) is 6.18. The maximum Gasteiger partial charge on any atom is 0.0761 e. The van der Waals surface area contributed by atoms with E-state index in [0.717, 1.165) is 19.4 Å². The first-order chi connectivity index (χ1) is 4.36. The smallest absolute Gasteiger partial charge is 0.0761 e. The Labute approximate surface area is 56.7 Å². The molecule has 0 spiro atoms. The Morgan fingerprint density at radius 1 is 1.67 bits per heavy atom. The lowest BCUT2D eigenvalue weighted by molar-refractivity contribution is 0.122. The van der Waals surface area contributed by atoms with Gasteiger partial charge in [-0.2, -0.15) is 0 Å². The fourth-order valence-corrected chi connectivity index (χ4v) is 1.03. The minimum Gasteiger partial charge on any atom is -0.370 e. The lowest BCUT2D eigenvalue weighted by Gasteiger charge is -2.00. The molecule has 1 atom stereocenters. The van der Waals surface area contributed by atoms with Gasteiger partial charge >= 0.3 is 0 Å². The fourth-order valence-electron chi connectivity index (χ4n) is 1.03. The summed E-state index contributed by atoms with van der Waals surface area (Å²) in [5, 5.41) is 0. The van der Waals surface area contributed by atoms with E-state index in [9.17, 15) is 0 Å². The van der Waals surface area contributed by atoms with Gasteiger partial charge in [0.1, 0.15) is 0 Å². The molecule has 0 saturated carbocycles. The average Bonchev–Trinajstić information content (AvgIpc) is 2.34. The molecule has 0 aliphatic carbocycles. The molecule has 0 fully saturated rings. The molecule has 0 bridgehead atoms. The molecule has 1 aliphatic heterocycles. The quantitative estimate of drug-likeness (QED) is 0.515. The number of ether oxygens (including phenoxy) is 1. The normalized spacial score (nSPS) is 26.4. The monoisotopic (exact) mass is 126 g/mol. The average molecular weight is 126 g/mol. The van der Waals surface area contributed by atoms with E-state index in [2.05, 4.69) is 19.9 Å². The molecule has 0 aromatic rings. The molecule has 1 rings (SSSR count). The Hall–Kier alpha value is -0.300. The van der Waals surface area contributed by atoms with Crippen molar-refractivity contribution < 1.29 is 4.74 Å². The predicted octanol–water partition coefficient (Wildman–Crippen LogP) is 2.13. The summed E-state index contributed by atoms with van der Waals surface area (Å²) in [5.74, 6) is 0. The Bertz CT molecular complexity index is 116. The molecule has 1 unspecified atom stereocenters. The highest BCUT2D eigenvalue weighted by molar-refractivity contribution is 5.09. The van der Waals surface area contributed by atoms with Crippen molar-refractivity contribution in [2.24, 2.45) is 0 Å². The summed E-state index contributed by atoms with van der Waals surface area (Å²) in [5.41, 5.74) is 1.46. The first-order valence-electron chi connectivity index (χ1n) is 3.68. The van der Waals surface area contributed by atoms with Gasteiger partial charge < -0.3 is 4.74 Å². The molecular weight excluding hydrogens is 112 g/mol. The molecule has 0 aromatic carbocycles. The van der Waals surface area contributed by atoms with Crippen LogP contribution in [0.2, 0.25) is 0 Å².